The zero-order valence-electron chi connectivity index (χ0n) is 19.9. The van der Waals surface area contributed by atoms with E-state index in [1.54, 1.807) is 12.1 Å². The normalized spacial score (nSPS) is 23.0. The fraction of sp³-hybridized carbons (Fsp3) is 0.542. The van der Waals surface area contributed by atoms with Crippen molar-refractivity contribution < 1.29 is 9.59 Å². The Balaban J connectivity index is 1.26. The number of pyridine rings is 1. The number of aryl methyl sites for hydroxylation is 1. The Morgan fingerprint density at radius 3 is 2.57 bits per heavy atom. The summed E-state index contributed by atoms with van der Waals surface area (Å²) in [5.41, 5.74) is 12.8. The third kappa shape index (κ3) is 4.52. The molecule has 0 saturated carbocycles. The number of likely N-dealkylation sites (tertiary alicyclic amines) is 1. The summed E-state index contributed by atoms with van der Waals surface area (Å²) in [5.74, 6) is 0.438. The summed E-state index contributed by atoms with van der Waals surface area (Å²) in [6.45, 7) is 5.45. The maximum atomic E-state index is 13.0. The van der Waals surface area contributed by atoms with Crippen LogP contribution in [0.5, 0.6) is 0 Å². The molecule has 0 bridgehead atoms. The van der Waals surface area contributed by atoms with E-state index in [0.29, 0.717) is 36.8 Å². The number of piperidine rings is 1. The quantitative estimate of drug-likeness (QED) is 0.608. The highest BCUT2D eigenvalue weighted by Crippen LogP contribution is 2.34. The Morgan fingerprint density at radius 2 is 1.89 bits per heavy atom. The van der Waals surface area contributed by atoms with Crippen LogP contribution in [0.15, 0.2) is 18.3 Å². The molecule has 2 aromatic rings. The minimum Gasteiger partial charge on any atom is -0.383 e. The molecule has 0 unspecified atom stereocenters. The van der Waals surface area contributed by atoms with E-state index in [4.69, 9.17) is 23.1 Å². The second-order valence-corrected chi connectivity index (χ2v) is 9.97. The van der Waals surface area contributed by atoms with Crippen molar-refractivity contribution in [2.45, 2.75) is 57.2 Å². The van der Waals surface area contributed by atoms with Gasteiger partial charge in [-0.25, -0.2) is 15.0 Å². The molecule has 11 heteroatoms. The molecule has 3 aliphatic heterocycles. The molecular weight excluding hydrogens is 468 g/mol. The van der Waals surface area contributed by atoms with Crippen LogP contribution >= 0.6 is 11.6 Å². The number of nitrogens with two attached hydrogens (primary N) is 2. The van der Waals surface area contributed by atoms with E-state index in [2.05, 4.69) is 31.7 Å². The second-order valence-electron chi connectivity index (χ2n) is 9.58. The molecule has 2 atom stereocenters. The molecular formula is C24H31ClN8O2. The van der Waals surface area contributed by atoms with Gasteiger partial charge in [-0.15, -0.1) is 0 Å². The lowest BCUT2D eigenvalue weighted by Gasteiger charge is -2.52. The van der Waals surface area contributed by atoms with E-state index < -0.39 is 5.91 Å². The standard InChI is InChI=1S/C24H31ClN8O2/c1-2-14-12-33-16(3-5-18-23(33)28-11-19(29-18)22(27)34)13-32(14)15-7-9-31(10-8-15)24(35)17-4-6-20(25)30-21(17)26/h4,6,11,14-16H,2-3,5,7-10,12-13H2,1H3,(H2,26,30)(H2,27,34)/t14-,16+/m0/s1. The van der Waals surface area contributed by atoms with Crippen molar-refractivity contribution in [3.8, 4) is 0 Å². The number of hydrogen-bond acceptors (Lipinski definition) is 8. The highest BCUT2D eigenvalue weighted by molar-refractivity contribution is 6.29. The van der Waals surface area contributed by atoms with Crippen LogP contribution in [-0.2, 0) is 6.42 Å². The zero-order chi connectivity index (χ0) is 24.7. The SMILES string of the molecule is CC[C@H]1CN2c3ncc(C(N)=O)nc3CC[C@@H]2CN1C1CCN(C(=O)c2ccc(Cl)nc2N)CC1. The van der Waals surface area contributed by atoms with Crippen molar-refractivity contribution in [1.82, 2.24) is 24.8 Å². The molecule has 4 N–H and O–H groups in total. The first-order valence-corrected chi connectivity index (χ1v) is 12.6. The molecule has 10 nitrogen and oxygen atoms in total. The topological polar surface area (TPSA) is 135 Å². The Bertz CT molecular complexity index is 1140. The van der Waals surface area contributed by atoms with Gasteiger partial charge in [0.05, 0.1) is 17.5 Å². The predicted molar refractivity (Wildman–Crippen MR) is 133 cm³/mol. The molecule has 0 aromatic carbocycles. The number of anilines is 2. The van der Waals surface area contributed by atoms with E-state index in [9.17, 15) is 9.59 Å². The van der Waals surface area contributed by atoms with E-state index in [-0.39, 0.29) is 22.6 Å². The number of piperazine rings is 1. The van der Waals surface area contributed by atoms with Gasteiger partial charge in [0.1, 0.15) is 16.7 Å². The summed E-state index contributed by atoms with van der Waals surface area (Å²) >= 11 is 5.89. The molecule has 2 aromatic heterocycles. The highest BCUT2D eigenvalue weighted by Gasteiger charge is 2.41. The van der Waals surface area contributed by atoms with Crippen molar-refractivity contribution in [1.29, 1.82) is 0 Å². The number of rotatable bonds is 4. The van der Waals surface area contributed by atoms with Gasteiger partial charge in [0.25, 0.3) is 11.8 Å². The number of fused-ring (bicyclic) bond motifs is 3. The van der Waals surface area contributed by atoms with Gasteiger partial charge in [-0.1, -0.05) is 18.5 Å². The molecule has 5 rings (SSSR count). The number of amides is 2. The van der Waals surface area contributed by atoms with Crippen LogP contribution in [-0.4, -0.2) is 80.9 Å². The van der Waals surface area contributed by atoms with E-state index >= 15 is 0 Å². The first-order valence-electron chi connectivity index (χ1n) is 12.2. The van der Waals surface area contributed by atoms with Crippen LogP contribution in [0.2, 0.25) is 5.15 Å². The smallest absolute Gasteiger partial charge is 0.268 e. The molecule has 2 saturated heterocycles. The minimum atomic E-state index is -0.543. The van der Waals surface area contributed by atoms with E-state index in [1.807, 2.05) is 4.90 Å². The van der Waals surface area contributed by atoms with E-state index in [0.717, 1.165) is 56.7 Å². The lowest BCUT2D eigenvalue weighted by Crippen LogP contribution is -2.63. The first kappa shape index (κ1) is 23.7. The predicted octanol–water partition coefficient (Wildman–Crippen LogP) is 1.73. The molecule has 5 heterocycles. The largest absolute Gasteiger partial charge is 0.383 e. The zero-order valence-corrected chi connectivity index (χ0v) is 20.6. The maximum Gasteiger partial charge on any atom is 0.268 e. The Morgan fingerprint density at radius 1 is 1.11 bits per heavy atom. The molecule has 2 amide bonds. The number of aromatic nitrogens is 3. The lowest BCUT2D eigenvalue weighted by atomic mass is 9.92. The molecule has 186 valence electrons. The monoisotopic (exact) mass is 498 g/mol. The van der Waals surface area contributed by atoms with Crippen LogP contribution in [0, 0.1) is 0 Å². The number of nitrogen functional groups attached to an aromatic ring is 1. The van der Waals surface area contributed by atoms with Crippen molar-refractivity contribution in [2.24, 2.45) is 5.73 Å². The number of carbonyl (C=O) groups is 2. The number of carbonyl (C=O) groups excluding carboxylic acids is 2. The lowest BCUT2D eigenvalue weighted by molar-refractivity contribution is 0.0408. The highest BCUT2D eigenvalue weighted by atomic mass is 35.5. The fourth-order valence-electron chi connectivity index (χ4n) is 5.74. The first-order chi connectivity index (χ1) is 16.9. The summed E-state index contributed by atoms with van der Waals surface area (Å²) in [6.07, 6.45) is 6.13. The fourth-order valence-corrected chi connectivity index (χ4v) is 5.90. The van der Waals surface area contributed by atoms with Crippen LogP contribution in [0.1, 0.15) is 59.1 Å². The third-order valence-corrected chi connectivity index (χ3v) is 7.82. The number of hydrogen-bond donors (Lipinski definition) is 2. The van der Waals surface area contributed by atoms with Crippen LogP contribution in [0.4, 0.5) is 11.6 Å². The van der Waals surface area contributed by atoms with Crippen LogP contribution in [0.3, 0.4) is 0 Å². The number of nitrogens with zero attached hydrogens (tertiary/aromatic N) is 6. The summed E-state index contributed by atoms with van der Waals surface area (Å²) in [5, 5.41) is 0.284. The number of primary amides is 1. The van der Waals surface area contributed by atoms with Crippen LogP contribution in [0.25, 0.3) is 0 Å². The minimum absolute atomic E-state index is 0.0835. The molecule has 2 fully saturated rings. The maximum absolute atomic E-state index is 13.0. The van der Waals surface area contributed by atoms with Gasteiger partial charge in [0.15, 0.2) is 5.82 Å². The van der Waals surface area contributed by atoms with Crippen molar-refractivity contribution in [3.63, 3.8) is 0 Å². The van der Waals surface area contributed by atoms with Gasteiger partial charge in [-0.3, -0.25) is 14.5 Å². The summed E-state index contributed by atoms with van der Waals surface area (Å²) in [7, 11) is 0. The average Bonchev–Trinajstić information content (AvgIpc) is 2.87. The summed E-state index contributed by atoms with van der Waals surface area (Å²) in [4.78, 5) is 44.5. The summed E-state index contributed by atoms with van der Waals surface area (Å²) in [6, 6.07) is 4.43. The van der Waals surface area contributed by atoms with Gasteiger partial charge in [0, 0.05) is 44.3 Å². The summed E-state index contributed by atoms with van der Waals surface area (Å²) < 4.78 is 0. The Hall–Kier alpha value is -2.98. The van der Waals surface area contributed by atoms with Crippen molar-refractivity contribution in [2.75, 3.05) is 36.8 Å². The second kappa shape index (κ2) is 9.58. The Labute approximate surface area is 209 Å². The van der Waals surface area contributed by atoms with Crippen molar-refractivity contribution in [3.05, 3.63) is 40.4 Å². The molecule has 35 heavy (non-hydrogen) atoms. The van der Waals surface area contributed by atoms with E-state index in [1.165, 1.54) is 6.20 Å². The van der Waals surface area contributed by atoms with Gasteiger partial charge in [-0.2, -0.15) is 0 Å². The van der Waals surface area contributed by atoms with Gasteiger partial charge >= 0.3 is 0 Å². The van der Waals surface area contributed by atoms with Crippen LogP contribution < -0.4 is 16.4 Å². The average molecular weight is 499 g/mol. The molecule has 0 spiro atoms. The van der Waals surface area contributed by atoms with Gasteiger partial charge in [0.2, 0.25) is 0 Å². The Kier molecular flexibility index (Phi) is 6.50. The van der Waals surface area contributed by atoms with Gasteiger partial charge < -0.3 is 21.3 Å². The third-order valence-electron chi connectivity index (χ3n) is 7.61. The molecule has 0 radical (unpaired) electrons. The molecule has 3 aliphatic rings. The molecule has 0 aliphatic carbocycles. The van der Waals surface area contributed by atoms with Crippen molar-refractivity contribution >= 4 is 35.1 Å². The van der Waals surface area contributed by atoms with Gasteiger partial charge in [-0.05, 0) is 44.2 Å². The number of halogens is 1.